The van der Waals surface area contributed by atoms with Crippen molar-refractivity contribution in [3.8, 4) is 0 Å². The van der Waals surface area contributed by atoms with Gasteiger partial charge in [-0.15, -0.1) is 24.0 Å². The molecule has 1 heterocycles. The molecule has 1 saturated carbocycles. The molecule has 1 unspecified atom stereocenters. The molecule has 1 aliphatic carbocycles. The van der Waals surface area contributed by atoms with Crippen LogP contribution in [0.5, 0.6) is 0 Å². The van der Waals surface area contributed by atoms with Gasteiger partial charge in [0, 0.05) is 37.3 Å². The largest absolute Gasteiger partial charge is 0.357 e. The molecular weight excluding hydrogens is 429 g/mol. The SMILES string of the molecule is CCNC(=NCC(=O)NC(C)(C)C)NC1CCN(C2CCCC2)C1.I. The Labute approximate surface area is 170 Å². The molecule has 0 aromatic carbocycles. The Hall–Kier alpha value is -0.570. The first kappa shape index (κ1) is 22.5. The van der Waals surface area contributed by atoms with E-state index in [0.29, 0.717) is 6.04 Å². The number of nitrogens with zero attached hydrogens (tertiary/aromatic N) is 2. The van der Waals surface area contributed by atoms with Crippen LogP contribution in [0, 0.1) is 0 Å². The van der Waals surface area contributed by atoms with Gasteiger partial charge < -0.3 is 16.0 Å². The van der Waals surface area contributed by atoms with Crippen molar-refractivity contribution in [2.45, 2.75) is 77.4 Å². The predicted octanol–water partition coefficient (Wildman–Crippen LogP) is 2.09. The second-order valence-corrected chi connectivity index (χ2v) is 8.06. The van der Waals surface area contributed by atoms with Crippen LogP contribution < -0.4 is 16.0 Å². The van der Waals surface area contributed by atoms with E-state index in [-0.39, 0.29) is 42.0 Å². The number of aliphatic imine (C=N–C) groups is 1. The number of amides is 1. The van der Waals surface area contributed by atoms with Crippen molar-refractivity contribution < 1.29 is 4.79 Å². The van der Waals surface area contributed by atoms with Crippen molar-refractivity contribution in [2.24, 2.45) is 4.99 Å². The topological polar surface area (TPSA) is 68.8 Å². The Bertz CT molecular complexity index is 443. The molecule has 1 atom stereocenters. The number of guanidine groups is 1. The van der Waals surface area contributed by atoms with Crippen molar-refractivity contribution in [2.75, 3.05) is 26.2 Å². The Morgan fingerprint density at radius 3 is 2.48 bits per heavy atom. The van der Waals surface area contributed by atoms with Gasteiger partial charge in [0.25, 0.3) is 0 Å². The molecule has 3 N–H and O–H groups in total. The zero-order valence-corrected chi connectivity index (χ0v) is 18.6. The third-order valence-electron chi connectivity index (χ3n) is 4.64. The maximum absolute atomic E-state index is 11.9. The molecule has 1 saturated heterocycles. The Balaban J connectivity index is 0.00000312. The molecule has 0 bridgehead atoms. The number of nitrogens with one attached hydrogen (secondary N) is 3. The van der Waals surface area contributed by atoms with Crippen LogP contribution in [0.2, 0.25) is 0 Å². The molecule has 0 spiro atoms. The van der Waals surface area contributed by atoms with E-state index in [9.17, 15) is 4.79 Å². The third-order valence-corrected chi connectivity index (χ3v) is 4.64. The highest BCUT2D eigenvalue weighted by atomic mass is 127. The summed E-state index contributed by atoms with van der Waals surface area (Å²) in [5, 5.41) is 9.70. The van der Waals surface area contributed by atoms with Crippen molar-refractivity contribution in [1.29, 1.82) is 0 Å². The summed E-state index contributed by atoms with van der Waals surface area (Å²) >= 11 is 0. The molecule has 2 rings (SSSR count). The van der Waals surface area contributed by atoms with Crippen LogP contribution in [-0.4, -0.2) is 60.6 Å². The van der Waals surface area contributed by atoms with Gasteiger partial charge >= 0.3 is 0 Å². The van der Waals surface area contributed by atoms with Crippen LogP contribution in [-0.2, 0) is 4.79 Å². The molecular formula is C18H36IN5O. The third kappa shape index (κ3) is 8.11. The fraction of sp³-hybridized carbons (Fsp3) is 0.889. The zero-order chi connectivity index (χ0) is 17.6. The lowest BCUT2D eigenvalue weighted by Crippen LogP contribution is -2.46. The minimum atomic E-state index is -0.217. The van der Waals surface area contributed by atoms with Gasteiger partial charge in [-0.25, -0.2) is 4.99 Å². The van der Waals surface area contributed by atoms with Gasteiger partial charge in [0.05, 0.1) is 0 Å². The minimum Gasteiger partial charge on any atom is -0.357 e. The van der Waals surface area contributed by atoms with E-state index in [4.69, 9.17) is 0 Å². The van der Waals surface area contributed by atoms with Crippen molar-refractivity contribution in [3.05, 3.63) is 0 Å². The standard InChI is InChI=1S/C18H35N5O.HI/c1-5-19-17(20-12-16(24)22-18(2,3)4)21-14-10-11-23(13-14)15-8-6-7-9-15;/h14-15H,5-13H2,1-4H3,(H,22,24)(H2,19,20,21);1H. The van der Waals surface area contributed by atoms with E-state index < -0.39 is 0 Å². The van der Waals surface area contributed by atoms with E-state index in [1.807, 2.05) is 27.7 Å². The van der Waals surface area contributed by atoms with E-state index in [1.165, 1.54) is 32.2 Å². The summed E-state index contributed by atoms with van der Waals surface area (Å²) in [5.74, 6) is 0.707. The molecule has 2 aliphatic rings. The highest BCUT2D eigenvalue weighted by Gasteiger charge is 2.30. The van der Waals surface area contributed by atoms with E-state index >= 15 is 0 Å². The number of likely N-dealkylation sites (tertiary alicyclic amines) is 1. The summed E-state index contributed by atoms with van der Waals surface area (Å²) in [6.07, 6.45) is 6.62. The first-order chi connectivity index (χ1) is 11.4. The smallest absolute Gasteiger partial charge is 0.242 e. The summed E-state index contributed by atoms with van der Waals surface area (Å²) < 4.78 is 0. The van der Waals surface area contributed by atoms with Crippen LogP contribution in [0.15, 0.2) is 4.99 Å². The Kier molecular flexibility index (Phi) is 9.48. The number of halogens is 1. The maximum atomic E-state index is 11.9. The van der Waals surface area contributed by atoms with Gasteiger partial charge in [-0.3, -0.25) is 9.69 Å². The monoisotopic (exact) mass is 465 g/mol. The fourth-order valence-electron chi connectivity index (χ4n) is 3.63. The molecule has 2 fully saturated rings. The number of hydrogen-bond donors (Lipinski definition) is 3. The number of carbonyl (C=O) groups is 1. The summed E-state index contributed by atoms with van der Waals surface area (Å²) in [4.78, 5) is 19.0. The highest BCUT2D eigenvalue weighted by Crippen LogP contribution is 2.26. The van der Waals surface area contributed by atoms with E-state index in [0.717, 1.165) is 31.5 Å². The van der Waals surface area contributed by atoms with Gasteiger partial charge in [-0.05, 0) is 47.0 Å². The van der Waals surface area contributed by atoms with Gasteiger partial charge in [0.15, 0.2) is 5.96 Å². The summed E-state index contributed by atoms with van der Waals surface area (Å²) in [6, 6.07) is 1.21. The lowest BCUT2D eigenvalue weighted by atomic mass is 10.1. The summed E-state index contributed by atoms with van der Waals surface area (Å²) in [5.41, 5.74) is -0.217. The zero-order valence-electron chi connectivity index (χ0n) is 16.2. The van der Waals surface area contributed by atoms with Gasteiger partial charge in [-0.1, -0.05) is 12.8 Å². The summed E-state index contributed by atoms with van der Waals surface area (Å²) in [7, 11) is 0. The molecule has 25 heavy (non-hydrogen) atoms. The number of carbonyl (C=O) groups excluding carboxylic acids is 1. The quantitative estimate of drug-likeness (QED) is 0.331. The van der Waals surface area contributed by atoms with Crippen molar-refractivity contribution >= 4 is 35.8 Å². The van der Waals surface area contributed by atoms with Gasteiger partial charge in [0.2, 0.25) is 5.91 Å². The lowest BCUT2D eigenvalue weighted by molar-refractivity contribution is -0.121. The van der Waals surface area contributed by atoms with Crippen LogP contribution in [0.25, 0.3) is 0 Å². The molecule has 0 aromatic rings. The second kappa shape index (κ2) is 10.5. The first-order valence-corrected chi connectivity index (χ1v) is 9.47. The van der Waals surface area contributed by atoms with Gasteiger partial charge in [0.1, 0.15) is 6.54 Å². The normalized spacial score (nSPS) is 22.6. The predicted molar refractivity (Wildman–Crippen MR) is 115 cm³/mol. The Morgan fingerprint density at radius 2 is 1.88 bits per heavy atom. The average molecular weight is 465 g/mol. The lowest BCUT2D eigenvalue weighted by Gasteiger charge is -2.24. The summed E-state index contributed by atoms with van der Waals surface area (Å²) in [6.45, 7) is 11.2. The maximum Gasteiger partial charge on any atom is 0.242 e. The van der Waals surface area contributed by atoms with Crippen LogP contribution in [0.1, 0.15) is 59.8 Å². The molecule has 146 valence electrons. The molecule has 6 nitrogen and oxygen atoms in total. The molecule has 1 aliphatic heterocycles. The second-order valence-electron chi connectivity index (χ2n) is 8.06. The van der Waals surface area contributed by atoms with E-state index in [1.54, 1.807) is 0 Å². The first-order valence-electron chi connectivity index (χ1n) is 9.47. The highest BCUT2D eigenvalue weighted by molar-refractivity contribution is 14.0. The number of hydrogen-bond acceptors (Lipinski definition) is 3. The van der Waals surface area contributed by atoms with Gasteiger partial charge in [-0.2, -0.15) is 0 Å². The minimum absolute atomic E-state index is 0. The number of rotatable bonds is 5. The van der Waals surface area contributed by atoms with Crippen LogP contribution in [0.4, 0.5) is 0 Å². The molecule has 1 amide bonds. The van der Waals surface area contributed by atoms with Crippen molar-refractivity contribution in [3.63, 3.8) is 0 Å². The fourth-order valence-corrected chi connectivity index (χ4v) is 3.63. The van der Waals surface area contributed by atoms with Crippen LogP contribution >= 0.6 is 24.0 Å². The molecule has 0 aromatic heterocycles. The molecule has 7 heteroatoms. The van der Waals surface area contributed by atoms with E-state index in [2.05, 4.69) is 25.8 Å². The average Bonchev–Trinajstić information content (AvgIpc) is 3.14. The molecule has 0 radical (unpaired) electrons. The Morgan fingerprint density at radius 1 is 1.20 bits per heavy atom. The van der Waals surface area contributed by atoms with Crippen molar-refractivity contribution in [1.82, 2.24) is 20.9 Å². The van der Waals surface area contributed by atoms with Crippen LogP contribution in [0.3, 0.4) is 0 Å².